The lowest BCUT2D eigenvalue weighted by atomic mass is 10.1. The summed E-state index contributed by atoms with van der Waals surface area (Å²) in [5, 5.41) is 0. The molecule has 90 valence electrons. The molecule has 17 heavy (non-hydrogen) atoms. The molecule has 0 bridgehead atoms. The summed E-state index contributed by atoms with van der Waals surface area (Å²) < 4.78 is 12.1. The fourth-order valence-electron chi connectivity index (χ4n) is 2.09. The lowest BCUT2D eigenvalue weighted by Crippen LogP contribution is -2.44. The highest BCUT2D eigenvalue weighted by Gasteiger charge is 2.34. The predicted molar refractivity (Wildman–Crippen MR) is 59.8 cm³/mol. The Bertz CT molecular complexity index is 422. The first kappa shape index (κ1) is 11.6. The Balaban J connectivity index is 2.17. The van der Waals surface area contributed by atoms with E-state index in [9.17, 15) is 14.1 Å². The van der Waals surface area contributed by atoms with Crippen LogP contribution in [0.25, 0.3) is 0 Å². The van der Waals surface area contributed by atoms with E-state index in [-0.39, 0.29) is 5.91 Å². The Morgan fingerprint density at radius 3 is 2.65 bits per heavy atom. The molecule has 2 amide bonds. The van der Waals surface area contributed by atoms with Crippen molar-refractivity contribution in [1.82, 2.24) is 10.4 Å². The van der Waals surface area contributed by atoms with Crippen LogP contribution in [0.15, 0.2) is 30.3 Å². The van der Waals surface area contributed by atoms with Crippen LogP contribution in [-0.2, 0) is 4.79 Å². The molecular weight excluding hydrogens is 223 g/mol. The third-order valence-electron chi connectivity index (χ3n) is 2.93. The summed E-state index contributed by atoms with van der Waals surface area (Å²) >= 11 is 0. The van der Waals surface area contributed by atoms with Gasteiger partial charge >= 0.3 is 0 Å². The molecule has 4 nitrogen and oxygen atoms in total. The van der Waals surface area contributed by atoms with E-state index in [0.29, 0.717) is 18.5 Å². The average molecular weight is 236 g/mol. The number of nitrogens with zero attached hydrogens (tertiary/aromatic N) is 1. The Kier molecular flexibility index (Phi) is 3.37. The van der Waals surface area contributed by atoms with Gasteiger partial charge in [-0.3, -0.25) is 9.59 Å². The second kappa shape index (κ2) is 4.95. The molecule has 1 fully saturated rings. The van der Waals surface area contributed by atoms with E-state index in [1.165, 1.54) is 4.90 Å². The van der Waals surface area contributed by atoms with Gasteiger partial charge in [-0.2, -0.15) is 5.54 Å². The monoisotopic (exact) mass is 236 g/mol. The number of halogens is 1. The first-order valence-corrected chi connectivity index (χ1v) is 5.50. The van der Waals surface area contributed by atoms with E-state index in [0.717, 1.165) is 12.0 Å². The van der Waals surface area contributed by atoms with E-state index >= 15 is 0 Å². The van der Waals surface area contributed by atoms with Gasteiger partial charge in [-0.05, 0) is 25.0 Å². The van der Waals surface area contributed by atoms with Crippen LogP contribution in [0.1, 0.15) is 23.2 Å². The summed E-state index contributed by atoms with van der Waals surface area (Å²) in [4.78, 5) is 24.8. The van der Waals surface area contributed by atoms with Crippen LogP contribution in [0, 0.1) is 0 Å². The number of nitrogens with one attached hydrogen (secondary N) is 1. The molecule has 0 aliphatic carbocycles. The van der Waals surface area contributed by atoms with E-state index in [1.54, 1.807) is 24.3 Å². The Morgan fingerprint density at radius 1 is 1.29 bits per heavy atom. The van der Waals surface area contributed by atoms with Gasteiger partial charge in [0.15, 0.2) is 0 Å². The highest BCUT2D eigenvalue weighted by Crippen LogP contribution is 2.20. The van der Waals surface area contributed by atoms with Crippen LogP contribution < -0.4 is 5.54 Å². The minimum atomic E-state index is -0.744. The van der Waals surface area contributed by atoms with Gasteiger partial charge in [0.2, 0.25) is 0 Å². The molecule has 1 heterocycles. The molecule has 0 spiro atoms. The lowest BCUT2D eigenvalue weighted by Gasteiger charge is -2.22. The lowest BCUT2D eigenvalue weighted by molar-refractivity contribution is -0.129. The summed E-state index contributed by atoms with van der Waals surface area (Å²) in [5.74, 6) is -0.969. The van der Waals surface area contributed by atoms with Gasteiger partial charge < -0.3 is 4.90 Å². The minimum Gasteiger partial charge on any atom is -0.327 e. The standard InChI is InChI=1S/C12H13FN2O2/c13-14-11(16)10-7-4-8-15(10)12(17)9-5-2-1-3-6-9/h1-3,5-6,10H,4,7-8H2,(H,14,16). The maximum absolute atomic E-state index is 12.1. The Hall–Kier alpha value is -1.91. The molecule has 1 aliphatic heterocycles. The van der Waals surface area contributed by atoms with Crippen molar-refractivity contribution in [2.24, 2.45) is 0 Å². The zero-order valence-electron chi connectivity index (χ0n) is 9.23. The molecule has 1 aromatic rings. The van der Waals surface area contributed by atoms with Crippen LogP contribution in [0.2, 0.25) is 0 Å². The SMILES string of the molecule is O=C(NF)C1CCCN1C(=O)c1ccccc1. The molecule has 5 heteroatoms. The molecule has 0 saturated carbocycles. The van der Waals surface area contributed by atoms with Crippen LogP contribution in [0.4, 0.5) is 4.48 Å². The molecule has 1 saturated heterocycles. The summed E-state index contributed by atoms with van der Waals surface area (Å²) in [6.07, 6.45) is 1.23. The first-order chi connectivity index (χ1) is 8.24. The highest BCUT2D eigenvalue weighted by molar-refractivity contribution is 5.97. The molecule has 0 radical (unpaired) electrons. The second-order valence-corrected chi connectivity index (χ2v) is 3.98. The quantitative estimate of drug-likeness (QED) is 0.787. The fourth-order valence-corrected chi connectivity index (χ4v) is 2.09. The molecule has 2 rings (SSSR count). The topological polar surface area (TPSA) is 49.4 Å². The summed E-state index contributed by atoms with van der Waals surface area (Å²) in [5.41, 5.74) is 1.63. The number of rotatable bonds is 2. The van der Waals surface area contributed by atoms with E-state index in [4.69, 9.17) is 0 Å². The van der Waals surface area contributed by atoms with Crippen molar-refractivity contribution in [1.29, 1.82) is 0 Å². The summed E-state index contributed by atoms with van der Waals surface area (Å²) in [6, 6.07) is 8.01. The second-order valence-electron chi connectivity index (χ2n) is 3.98. The van der Waals surface area contributed by atoms with Gasteiger partial charge in [-0.15, -0.1) is 4.48 Å². The summed E-state index contributed by atoms with van der Waals surface area (Å²) in [7, 11) is 0. The van der Waals surface area contributed by atoms with Gasteiger partial charge in [-0.25, -0.2) is 0 Å². The average Bonchev–Trinajstić information content (AvgIpc) is 2.87. The predicted octanol–water partition coefficient (Wildman–Crippen LogP) is 1.29. The van der Waals surface area contributed by atoms with Crippen molar-refractivity contribution in [2.45, 2.75) is 18.9 Å². The van der Waals surface area contributed by atoms with Gasteiger partial charge in [0, 0.05) is 12.1 Å². The third kappa shape index (κ3) is 2.27. The van der Waals surface area contributed by atoms with Gasteiger partial charge in [0.25, 0.3) is 11.8 Å². The van der Waals surface area contributed by atoms with Crippen LogP contribution in [0.5, 0.6) is 0 Å². The maximum atomic E-state index is 12.1. The molecule has 1 aliphatic rings. The van der Waals surface area contributed by atoms with Crippen molar-refractivity contribution in [3.05, 3.63) is 35.9 Å². The number of amides is 2. The smallest absolute Gasteiger partial charge is 0.270 e. The molecule has 1 N–H and O–H groups in total. The summed E-state index contributed by atoms with van der Waals surface area (Å²) in [6.45, 7) is 0.492. The van der Waals surface area contributed by atoms with E-state index < -0.39 is 11.9 Å². The number of carbonyl (C=O) groups excluding carboxylic acids is 2. The van der Waals surface area contributed by atoms with Crippen molar-refractivity contribution in [3.63, 3.8) is 0 Å². The van der Waals surface area contributed by atoms with Gasteiger partial charge in [-0.1, -0.05) is 18.2 Å². The molecule has 1 aromatic carbocycles. The van der Waals surface area contributed by atoms with Crippen LogP contribution in [-0.4, -0.2) is 29.3 Å². The van der Waals surface area contributed by atoms with Gasteiger partial charge in [0.05, 0.1) is 0 Å². The first-order valence-electron chi connectivity index (χ1n) is 5.50. The fraction of sp³-hybridized carbons (Fsp3) is 0.333. The molecule has 0 aromatic heterocycles. The number of carbonyl (C=O) groups is 2. The minimum absolute atomic E-state index is 0.225. The Morgan fingerprint density at radius 2 is 2.00 bits per heavy atom. The number of benzene rings is 1. The van der Waals surface area contributed by atoms with E-state index in [1.807, 2.05) is 6.07 Å². The number of hydrogen-bond donors (Lipinski definition) is 1. The molecule has 1 atom stereocenters. The largest absolute Gasteiger partial charge is 0.327 e. The number of likely N-dealkylation sites (tertiary alicyclic amines) is 1. The maximum Gasteiger partial charge on any atom is 0.270 e. The highest BCUT2D eigenvalue weighted by atomic mass is 19.2. The van der Waals surface area contributed by atoms with E-state index in [2.05, 4.69) is 0 Å². The van der Waals surface area contributed by atoms with Crippen molar-refractivity contribution in [2.75, 3.05) is 6.54 Å². The molecule has 1 unspecified atom stereocenters. The zero-order valence-corrected chi connectivity index (χ0v) is 9.23. The van der Waals surface area contributed by atoms with Gasteiger partial charge in [0.1, 0.15) is 6.04 Å². The Labute approximate surface area is 98.3 Å². The normalized spacial score (nSPS) is 19.1. The van der Waals surface area contributed by atoms with Crippen LogP contribution >= 0.6 is 0 Å². The molecular formula is C12H13FN2O2. The van der Waals surface area contributed by atoms with Crippen molar-refractivity contribution < 1.29 is 14.1 Å². The van der Waals surface area contributed by atoms with Crippen LogP contribution in [0.3, 0.4) is 0 Å². The number of hydrogen-bond acceptors (Lipinski definition) is 2. The van der Waals surface area contributed by atoms with Crippen molar-refractivity contribution in [3.8, 4) is 0 Å². The zero-order chi connectivity index (χ0) is 12.3. The van der Waals surface area contributed by atoms with Crippen molar-refractivity contribution >= 4 is 11.8 Å². The third-order valence-corrected chi connectivity index (χ3v) is 2.93.